The summed E-state index contributed by atoms with van der Waals surface area (Å²) in [5.74, 6) is 0.0717. The summed E-state index contributed by atoms with van der Waals surface area (Å²) in [6, 6.07) is 10.2. The van der Waals surface area contributed by atoms with Gasteiger partial charge in [0.25, 0.3) is 0 Å². The molecule has 0 aliphatic carbocycles. The standard InChI is InChI=1S/C26H41NO3Si/c1-26(2,3)22(13-11-9-7-8-10-12-18-30-31(5)6)21-15-14-20-16-17-23(25(28)29-4)27-24(20)19-21/h14-17,19,22,31H,7-13,18H2,1-6H3. The van der Waals surface area contributed by atoms with Gasteiger partial charge in [0, 0.05) is 12.0 Å². The first-order chi connectivity index (χ1) is 14.7. The van der Waals surface area contributed by atoms with E-state index in [1.54, 1.807) is 6.07 Å². The van der Waals surface area contributed by atoms with Crippen molar-refractivity contribution in [2.24, 2.45) is 5.41 Å². The Morgan fingerprint density at radius 3 is 2.29 bits per heavy atom. The van der Waals surface area contributed by atoms with Crippen LogP contribution in [0.3, 0.4) is 0 Å². The lowest BCUT2D eigenvalue weighted by Gasteiger charge is -2.31. The van der Waals surface area contributed by atoms with Crippen molar-refractivity contribution >= 4 is 25.9 Å². The van der Waals surface area contributed by atoms with E-state index in [4.69, 9.17) is 9.16 Å². The van der Waals surface area contributed by atoms with Gasteiger partial charge in [0.05, 0.1) is 12.6 Å². The van der Waals surface area contributed by atoms with Crippen LogP contribution in [0.4, 0.5) is 0 Å². The molecule has 0 N–H and O–H groups in total. The molecule has 0 fully saturated rings. The van der Waals surface area contributed by atoms with Crippen LogP contribution in [-0.4, -0.2) is 33.7 Å². The van der Waals surface area contributed by atoms with Crippen LogP contribution in [0, 0.1) is 5.41 Å². The van der Waals surface area contributed by atoms with E-state index in [-0.39, 0.29) is 5.41 Å². The topological polar surface area (TPSA) is 48.4 Å². The van der Waals surface area contributed by atoms with Gasteiger partial charge in [0.1, 0.15) is 5.69 Å². The molecule has 0 saturated carbocycles. The zero-order valence-electron chi connectivity index (χ0n) is 20.4. The zero-order valence-corrected chi connectivity index (χ0v) is 21.5. The third kappa shape index (κ3) is 8.38. The molecule has 0 saturated heterocycles. The Labute approximate surface area is 190 Å². The normalized spacial score (nSPS) is 13.0. The number of benzene rings is 1. The van der Waals surface area contributed by atoms with Gasteiger partial charge in [-0.2, -0.15) is 0 Å². The summed E-state index contributed by atoms with van der Waals surface area (Å²) in [6.45, 7) is 12.4. The maximum absolute atomic E-state index is 11.9. The SMILES string of the molecule is COC(=O)c1ccc2ccc(C(CCCCCCCCO[SiH](C)C)C(C)(C)C)cc2n1. The van der Waals surface area contributed by atoms with Crippen LogP contribution >= 0.6 is 0 Å². The fourth-order valence-corrected chi connectivity index (χ4v) is 4.78. The van der Waals surface area contributed by atoms with Gasteiger partial charge in [0.15, 0.2) is 9.04 Å². The average Bonchev–Trinajstić information content (AvgIpc) is 2.72. The van der Waals surface area contributed by atoms with Crippen molar-refractivity contribution in [2.45, 2.75) is 84.7 Å². The smallest absolute Gasteiger partial charge is 0.356 e. The summed E-state index contributed by atoms with van der Waals surface area (Å²) in [5, 5.41) is 1.05. The number of nitrogens with zero attached hydrogens (tertiary/aromatic N) is 1. The molecule has 2 aromatic rings. The van der Waals surface area contributed by atoms with Crippen LogP contribution in [0.1, 0.15) is 87.7 Å². The summed E-state index contributed by atoms with van der Waals surface area (Å²) in [6.07, 6.45) is 8.79. The van der Waals surface area contributed by atoms with Gasteiger partial charge in [0.2, 0.25) is 0 Å². The van der Waals surface area contributed by atoms with Crippen molar-refractivity contribution in [3.63, 3.8) is 0 Å². The molecule has 172 valence electrons. The molecule has 0 aliphatic heterocycles. The molecular formula is C26H41NO3Si. The van der Waals surface area contributed by atoms with Crippen LogP contribution in [0.25, 0.3) is 10.9 Å². The van der Waals surface area contributed by atoms with Gasteiger partial charge in [-0.05, 0) is 55.0 Å². The maximum Gasteiger partial charge on any atom is 0.356 e. The number of ether oxygens (including phenoxy) is 1. The lowest BCUT2D eigenvalue weighted by Crippen LogP contribution is -2.18. The summed E-state index contributed by atoms with van der Waals surface area (Å²) in [4.78, 5) is 16.4. The first-order valence-corrected chi connectivity index (χ1v) is 14.6. The number of esters is 1. The van der Waals surface area contributed by atoms with Crippen LogP contribution in [0.5, 0.6) is 0 Å². The summed E-state index contributed by atoms with van der Waals surface area (Å²) in [5.41, 5.74) is 2.71. The van der Waals surface area contributed by atoms with E-state index in [0.717, 1.165) is 17.5 Å². The van der Waals surface area contributed by atoms with Crippen LogP contribution < -0.4 is 0 Å². The van der Waals surface area contributed by atoms with E-state index in [2.05, 4.69) is 57.0 Å². The highest BCUT2D eigenvalue weighted by Gasteiger charge is 2.26. The fourth-order valence-electron chi connectivity index (χ4n) is 4.15. The third-order valence-corrected chi connectivity index (χ3v) is 6.80. The van der Waals surface area contributed by atoms with Crippen LogP contribution in [0.2, 0.25) is 13.1 Å². The quantitative estimate of drug-likeness (QED) is 0.204. The number of aromatic nitrogens is 1. The Morgan fingerprint density at radius 1 is 1.00 bits per heavy atom. The van der Waals surface area contributed by atoms with Crippen molar-refractivity contribution < 1.29 is 14.0 Å². The molecule has 0 bridgehead atoms. The maximum atomic E-state index is 11.9. The van der Waals surface area contributed by atoms with Crippen LogP contribution in [0.15, 0.2) is 30.3 Å². The third-order valence-electron chi connectivity index (χ3n) is 5.90. The average molecular weight is 444 g/mol. The van der Waals surface area contributed by atoms with E-state index in [0.29, 0.717) is 11.6 Å². The van der Waals surface area contributed by atoms with Gasteiger partial charge >= 0.3 is 5.97 Å². The number of fused-ring (bicyclic) bond motifs is 1. The number of carbonyl (C=O) groups excluding carboxylic acids is 1. The number of methoxy groups -OCH3 is 1. The number of hydrogen-bond acceptors (Lipinski definition) is 4. The predicted molar refractivity (Wildman–Crippen MR) is 132 cm³/mol. The highest BCUT2D eigenvalue weighted by atomic mass is 28.3. The van der Waals surface area contributed by atoms with Crippen molar-refractivity contribution in [1.29, 1.82) is 0 Å². The molecule has 0 amide bonds. The van der Waals surface area contributed by atoms with Gasteiger partial charge in [-0.3, -0.25) is 0 Å². The Bertz CT molecular complexity index is 829. The second kappa shape index (κ2) is 12.3. The summed E-state index contributed by atoms with van der Waals surface area (Å²) < 4.78 is 10.6. The second-order valence-electron chi connectivity index (χ2n) is 9.89. The van der Waals surface area contributed by atoms with Crippen molar-refractivity contribution in [2.75, 3.05) is 13.7 Å². The van der Waals surface area contributed by atoms with Crippen molar-refractivity contribution in [1.82, 2.24) is 4.98 Å². The highest BCUT2D eigenvalue weighted by Crippen LogP contribution is 2.39. The van der Waals surface area contributed by atoms with Crippen LogP contribution in [-0.2, 0) is 9.16 Å². The van der Waals surface area contributed by atoms with Gasteiger partial charge in [-0.1, -0.05) is 71.1 Å². The largest absolute Gasteiger partial charge is 0.464 e. The summed E-state index contributed by atoms with van der Waals surface area (Å²) in [7, 11) is 0.538. The molecule has 1 aromatic heterocycles. The molecule has 4 nitrogen and oxygen atoms in total. The molecule has 0 spiro atoms. The monoisotopic (exact) mass is 443 g/mol. The molecule has 1 aromatic carbocycles. The first-order valence-electron chi connectivity index (χ1n) is 11.8. The molecular weight excluding hydrogens is 402 g/mol. The van der Waals surface area contributed by atoms with E-state index < -0.39 is 15.0 Å². The number of unbranched alkanes of at least 4 members (excludes halogenated alkanes) is 5. The minimum absolute atomic E-state index is 0.172. The van der Waals surface area contributed by atoms with E-state index >= 15 is 0 Å². The van der Waals surface area contributed by atoms with E-state index in [1.807, 2.05) is 6.07 Å². The highest BCUT2D eigenvalue weighted by molar-refractivity contribution is 6.48. The minimum atomic E-state index is -0.852. The van der Waals surface area contributed by atoms with Crippen molar-refractivity contribution in [3.05, 3.63) is 41.6 Å². The van der Waals surface area contributed by atoms with Gasteiger partial charge in [-0.15, -0.1) is 0 Å². The Kier molecular flexibility index (Phi) is 10.2. The van der Waals surface area contributed by atoms with Crippen molar-refractivity contribution in [3.8, 4) is 0 Å². The zero-order chi connectivity index (χ0) is 22.9. The molecule has 31 heavy (non-hydrogen) atoms. The lowest BCUT2D eigenvalue weighted by molar-refractivity contribution is 0.0594. The Balaban J connectivity index is 1.94. The first kappa shape index (κ1) is 25.5. The number of pyridine rings is 1. The van der Waals surface area contributed by atoms with E-state index in [9.17, 15) is 4.79 Å². The molecule has 1 heterocycles. The molecule has 1 unspecified atom stereocenters. The number of hydrogen-bond donors (Lipinski definition) is 0. The summed E-state index contributed by atoms with van der Waals surface area (Å²) >= 11 is 0. The van der Waals surface area contributed by atoms with E-state index in [1.165, 1.54) is 57.6 Å². The molecule has 0 radical (unpaired) electrons. The number of rotatable bonds is 12. The molecule has 0 aliphatic rings. The Morgan fingerprint density at radius 2 is 1.65 bits per heavy atom. The molecule has 2 rings (SSSR count). The van der Waals surface area contributed by atoms with Gasteiger partial charge in [-0.25, -0.2) is 9.78 Å². The Hall–Kier alpha value is -1.72. The fraction of sp³-hybridized carbons (Fsp3) is 0.615. The lowest BCUT2D eigenvalue weighted by atomic mass is 9.73. The predicted octanol–water partition coefficient (Wildman–Crippen LogP) is 6.88. The van der Waals surface area contributed by atoms with Gasteiger partial charge < -0.3 is 9.16 Å². The molecule has 5 heteroatoms. The minimum Gasteiger partial charge on any atom is -0.464 e. The molecule has 1 atom stereocenters. The second-order valence-corrected chi connectivity index (χ2v) is 12.3. The number of carbonyl (C=O) groups is 1.